The van der Waals surface area contributed by atoms with E-state index in [0.717, 1.165) is 32.1 Å². The predicted molar refractivity (Wildman–Crippen MR) is 209 cm³/mol. The van der Waals surface area contributed by atoms with Crippen molar-refractivity contribution in [1.29, 1.82) is 0 Å². The van der Waals surface area contributed by atoms with E-state index < -0.39 is 5.97 Å². The second kappa shape index (κ2) is 84.2. The van der Waals surface area contributed by atoms with Gasteiger partial charge in [0.15, 0.2) is 0 Å². The number of hydrogen-bond donors (Lipinski definition) is 1. The van der Waals surface area contributed by atoms with Crippen LogP contribution in [0.2, 0.25) is 0 Å². The largest absolute Gasteiger partial charge is 2.00 e. The first-order valence-electron chi connectivity index (χ1n) is 13.9. The summed E-state index contributed by atoms with van der Waals surface area (Å²) in [5.74, 6) is 0.556. The third-order valence-corrected chi connectivity index (χ3v) is 3.15. The van der Waals surface area contributed by atoms with E-state index in [4.69, 9.17) is 33.1 Å². The minimum atomic E-state index is -0.833. The number of esters is 1. The number of carboxylic acid groups (broad SMARTS) is 1. The summed E-state index contributed by atoms with van der Waals surface area (Å²) in [6, 6.07) is 0. The molecule has 0 aromatic carbocycles. The Morgan fingerprint density at radius 2 is 1.10 bits per heavy atom. The molecule has 0 amide bonds. The number of halogens is 3. The molecule has 1 rings (SSSR count). The van der Waals surface area contributed by atoms with Gasteiger partial charge in [-0.25, -0.2) is 0 Å². The maximum atomic E-state index is 10.1. The van der Waals surface area contributed by atoms with Crippen molar-refractivity contribution in [2.24, 2.45) is 0 Å². The predicted octanol–water partition coefficient (Wildman–Crippen LogP) is 10.1. The number of allylic oxidation sites excluding steroid dienone is 2. The molecule has 0 bridgehead atoms. The minimum Gasteiger partial charge on any atom is -1.00 e. The SMILES string of the molecule is Br.C/C=C(\C)CCCCl.C1CC1.CC.CC(=O)CCCCl.CC(=O)O.CC(=O)OC(C)C.CCC.CCC.[H-].[H-].[H-].[H-].[H-].[H-].[HH].[Mg+2].[Mg+2].[Mg+2].[OH3+]. The number of rotatable bonds is 7. The molecule has 6 nitrogen and oxygen atoms in total. The van der Waals surface area contributed by atoms with Crippen molar-refractivity contribution >= 4 is 127 Å². The molecule has 0 radical (unpaired) electrons. The Bertz CT molecular complexity index is 495. The average molecular weight is 757 g/mol. The standard InChI is InChI=1S/C7H13Cl.C5H9ClO.C5H10O2.C3H6.2C3H8.C2H4O2.C2H6.BrH.3Mg.H2O.H2.6H/c1-3-7(2)5-4-6-8;1-5(7)3-2-4-6;1-4(2)7-5(3)6;1-2-3-1;2*1-3-2;1-2(3)4;1-2;;;;;;;;;;;;/h3H,4-6H2,1-2H3;2-4H2,1H3;4H,1-3H3;1-3H2;2*3H2,1-2H3;1H3,(H,3,4);1-2H3;1H;;;;1H2;1H;;;;;;/q;;;;;;;;;3*+2;;;6*-1/p+1/b7-3+;;;;;;;;;;;;;;;;;;;. The molecule has 0 atom stereocenters. The van der Waals surface area contributed by atoms with E-state index in [1.165, 1.54) is 44.6 Å². The molecule has 0 aliphatic heterocycles. The van der Waals surface area contributed by atoms with Gasteiger partial charge in [-0.05, 0) is 53.9 Å². The minimum absolute atomic E-state index is 0. The maximum absolute atomic E-state index is 10.1. The fraction of sp³-hybridized carbons (Fsp3) is 0.833. The van der Waals surface area contributed by atoms with Gasteiger partial charge in [-0.15, -0.1) is 40.2 Å². The quantitative estimate of drug-likeness (QED) is 0.0914. The summed E-state index contributed by atoms with van der Waals surface area (Å²) in [6.07, 6.45) is 12.9. The molecule has 0 aromatic heterocycles. The number of Topliss-reactive ketones (excluding diaryl/α,β-unsaturated/α-hetero) is 1. The molecular weight excluding hydrogens is 680 g/mol. The number of hydrogen-bond acceptors (Lipinski definition) is 4. The van der Waals surface area contributed by atoms with Gasteiger partial charge in [0.1, 0.15) is 5.78 Å². The summed E-state index contributed by atoms with van der Waals surface area (Å²) in [5.41, 5.74) is 1.44. The molecule has 12 heteroatoms. The Kier molecular flexibility index (Phi) is 159. The van der Waals surface area contributed by atoms with Crippen LogP contribution in [0.5, 0.6) is 0 Å². The van der Waals surface area contributed by atoms with E-state index in [1.54, 1.807) is 6.92 Å². The average Bonchev–Trinajstić information content (AvgIpc) is 3.67. The van der Waals surface area contributed by atoms with Crippen molar-refractivity contribution in [2.75, 3.05) is 11.8 Å². The monoisotopic (exact) mass is 753 g/mol. The van der Waals surface area contributed by atoms with Crippen LogP contribution in [0, 0.1) is 0 Å². The zero-order valence-corrected chi connectivity index (χ0v) is 37.3. The first-order chi connectivity index (χ1) is 17.3. The van der Waals surface area contributed by atoms with Crippen molar-refractivity contribution in [2.45, 2.75) is 154 Å². The second-order valence-corrected chi connectivity index (χ2v) is 8.83. The third kappa shape index (κ3) is 248. The molecule has 1 saturated carbocycles. The fourth-order valence-corrected chi connectivity index (χ4v) is 1.40. The van der Waals surface area contributed by atoms with E-state index >= 15 is 0 Å². The smallest absolute Gasteiger partial charge is 1.00 e. The topological polar surface area (TPSA) is 114 Å². The zero-order valence-electron chi connectivity index (χ0n) is 35.9. The number of carbonyl (C=O) groups is 3. The van der Waals surface area contributed by atoms with Gasteiger partial charge in [-0.2, -0.15) is 0 Å². The van der Waals surface area contributed by atoms with E-state index in [9.17, 15) is 9.59 Å². The fourth-order valence-electron chi connectivity index (χ4n) is 1.14. The summed E-state index contributed by atoms with van der Waals surface area (Å²) < 4.78 is 4.61. The summed E-state index contributed by atoms with van der Waals surface area (Å²) >= 11 is 10.8. The first-order valence-corrected chi connectivity index (χ1v) is 14.9. The number of ketones is 1. The number of aliphatic carboxylic acids is 1. The Morgan fingerprint density at radius 1 is 0.833 bits per heavy atom. The van der Waals surface area contributed by atoms with Crippen LogP contribution in [0.15, 0.2) is 11.6 Å². The molecule has 0 saturated heterocycles. The first kappa shape index (κ1) is 79.3. The Hall–Kier alpha value is 1.67. The molecule has 0 heterocycles. The Labute approximate surface area is 341 Å². The molecule has 42 heavy (non-hydrogen) atoms. The third-order valence-electron chi connectivity index (χ3n) is 2.62. The Balaban J connectivity index is -0.0000000123. The summed E-state index contributed by atoms with van der Waals surface area (Å²) in [4.78, 5) is 29.2. The van der Waals surface area contributed by atoms with E-state index in [-0.39, 0.29) is 119 Å². The Morgan fingerprint density at radius 3 is 1.19 bits per heavy atom. The summed E-state index contributed by atoms with van der Waals surface area (Å²) in [6.45, 7) is 24.4. The molecule has 1 aliphatic carbocycles. The van der Waals surface area contributed by atoms with Crippen LogP contribution < -0.4 is 0 Å². The molecule has 258 valence electrons. The van der Waals surface area contributed by atoms with Crippen LogP contribution in [-0.4, -0.2) is 110 Å². The van der Waals surface area contributed by atoms with Crippen LogP contribution in [-0.2, 0) is 24.6 Å². The molecule has 1 aliphatic rings. The van der Waals surface area contributed by atoms with Gasteiger partial charge < -0.3 is 28.7 Å². The second-order valence-electron chi connectivity index (χ2n) is 8.07. The summed E-state index contributed by atoms with van der Waals surface area (Å²) in [7, 11) is 0. The number of carboxylic acids is 1. The van der Waals surface area contributed by atoms with Gasteiger partial charge in [0, 0.05) is 33.5 Å². The van der Waals surface area contributed by atoms with Crippen molar-refractivity contribution in [3.05, 3.63) is 11.6 Å². The number of carbonyl (C=O) groups excluding carboxylic acids is 2. The molecular formula is C30H76BrCl2Mg3O6+. The van der Waals surface area contributed by atoms with Gasteiger partial charge in [-0.3, -0.25) is 9.59 Å². The van der Waals surface area contributed by atoms with Crippen molar-refractivity contribution in [1.82, 2.24) is 0 Å². The molecule has 4 N–H and O–H groups in total. The summed E-state index contributed by atoms with van der Waals surface area (Å²) in [5, 5.41) is 7.42. The number of ether oxygens (including phenoxy) is 1. The van der Waals surface area contributed by atoms with E-state index in [0.29, 0.717) is 12.3 Å². The van der Waals surface area contributed by atoms with Gasteiger partial charge in [-0.1, -0.05) is 85.3 Å². The normalized spacial score (nSPS) is 8.62. The molecule has 0 unspecified atom stereocenters. The van der Waals surface area contributed by atoms with Crippen LogP contribution >= 0.6 is 40.2 Å². The maximum Gasteiger partial charge on any atom is 2.00 e. The van der Waals surface area contributed by atoms with Crippen molar-refractivity contribution in [3.8, 4) is 0 Å². The van der Waals surface area contributed by atoms with Crippen molar-refractivity contribution in [3.63, 3.8) is 0 Å². The van der Waals surface area contributed by atoms with Gasteiger partial charge in [0.2, 0.25) is 0 Å². The van der Waals surface area contributed by atoms with Gasteiger partial charge >= 0.3 is 75.1 Å². The van der Waals surface area contributed by atoms with Crippen LogP contribution in [0.4, 0.5) is 0 Å². The van der Waals surface area contributed by atoms with Gasteiger partial charge in [0.25, 0.3) is 5.97 Å². The molecule has 0 spiro atoms. The number of alkyl halides is 2. The van der Waals surface area contributed by atoms with Crippen LogP contribution in [0.3, 0.4) is 0 Å². The van der Waals surface area contributed by atoms with Crippen LogP contribution in [0.25, 0.3) is 0 Å². The molecule has 0 aromatic rings. The van der Waals surface area contributed by atoms with Crippen molar-refractivity contribution < 1.29 is 39.7 Å². The van der Waals surface area contributed by atoms with Crippen LogP contribution in [0.1, 0.15) is 158 Å². The molecule has 1 fully saturated rings. The van der Waals surface area contributed by atoms with E-state index in [2.05, 4.69) is 52.4 Å². The van der Waals surface area contributed by atoms with E-state index in [1.807, 2.05) is 27.7 Å². The van der Waals surface area contributed by atoms with Gasteiger partial charge in [0.05, 0.1) is 6.10 Å². The zero-order chi connectivity index (χ0) is 31.1.